The van der Waals surface area contributed by atoms with E-state index in [9.17, 15) is 5.11 Å². The molecule has 1 aromatic carbocycles. The first-order valence-electron chi connectivity index (χ1n) is 8.75. The maximum Gasteiger partial charge on any atom is 0.230 e. The molecule has 3 rings (SSSR count). The van der Waals surface area contributed by atoms with Crippen molar-refractivity contribution in [1.82, 2.24) is 9.88 Å². The lowest BCUT2D eigenvalue weighted by atomic mass is 10.2. The van der Waals surface area contributed by atoms with Crippen molar-refractivity contribution in [3.8, 4) is 17.2 Å². The molecule has 5 nitrogen and oxygen atoms in total. The van der Waals surface area contributed by atoms with Crippen LogP contribution in [-0.2, 0) is 13.1 Å². The number of aliphatic hydroxyl groups is 1. The molecule has 0 spiro atoms. The van der Waals surface area contributed by atoms with Gasteiger partial charge in [0.2, 0.25) is 5.89 Å². The summed E-state index contributed by atoms with van der Waals surface area (Å²) in [5.74, 6) is 2.13. The topological polar surface area (TPSA) is 58.7 Å². The van der Waals surface area contributed by atoms with Gasteiger partial charge in [-0.25, -0.2) is 4.98 Å². The molecule has 0 aliphatic heterocycles. The highest BCUT2D eigenvalue weighted by Crippen LogP contribution is 2.31. The smallest absolute Gasteiger partial charge is 0.230 e. The number of hydrogen-bond acceptors (Lipinski definition) is 6. The third-order valence-corrected chi connectivity index (χ3v) is 4.92. The summed E-state index contributed by atoms with van der Waals surface area (Å²) in [5, 5.41) is 11.5. The van der Waals surface area contributed by atoms with Crippen molar-refractivity contribution < 1.29 is 14.3 Å². The van der Waals surface area contributed by atoms with Crippen molar-refractivity contribution >= 4 is 11.3 Å². The van der Waals surface area contributed by atoms with E-state index in [2.05, 4.69) is 16.3 Å². The average molecular weight is 372 g/mol. The van der Waals surface area contributed by atoms with Crippen LogP contribution < -0.4 is 4.74 Å². The Morgan fingerprint density at radius 3 is 2.77 bits per heavy atom. The molecule has 0 aliphatic carbocycles. The second-order valence-electron chi connectivity index (χ2n) is 5.96. The molecule has 3 aromatic rings. The van der Waals surface area contributed by atoms with Crippen LogP contribution in [0.1, 0.15) is 23.3 Å². The zero-order valence-corrected chi connectivity index (χ0v) is 16.0. The number of para-hydroxylation sites is 1. The third kappa shape index (κ3) is 4.52. The largest absolute Gasteiger partial charge is 0.493 e. The number of benzene rings is 1. The summed E-state index contributed by atoms with van der Waals surface area (Å²) in [7, 11) is 0. The Morgan fingerprint density at radius 2 is 2.04 bits per heavy atom. The van der Waals surface area contributed by atoms with Gasteiger partial charge in [-0.3, -0.25) is 4.90 Å². The molecule has 138 valence electrons. The van der Waals surface area contributed by atoms with Gasteiger partial charge in [-0.15, -0.1) is 11.3 Å². The van der Waals surface area contributed by atoms with Crippen LogP contribution in [0.4, 0.5) is 0 Å². The Kier molecular flexibility index (Phi) is 6.44. The minimum absolute atomic E-state index is 0.113. The van der Waals surface area contributed by atoms with E-state index in [4.69, 9.17) is 14.1 Å². The molecule has 0 bridgehead atoms. The molecule has 0 radical (unpaired) electrons. The molecule has 2 aromatic heterocycles. The minimum atomic E-state index is 0.113. The van der Waals surface area contributed by atoms with Crippen LogP contribution in [0.25, 0.3) is 11.5 Å². The standard InChI is InChI=1S/C20H24N2O3S/c1-3-24-19-9-5-4-8-17(19)20-21-18(15(2)25-20)14-22(10-11-23)13-16-7-6-12-26-16/h4-9,12,23H,3,10-11,13-14H2,1-2H3. The van der Waals surface area contributed by atoms with Crippen molar-refractivity contribution in [3.05, 3.63) is 58.1 Å². The second-order valence-corrected chi connectivity index (χ2v) is 7.00. The molecule has 2 heterocycles. The first-order valence-corrected chi connectivity index (χ1v) is 9.63. The van der Waals surface area contributed by atoms with Gasteiger partial charge in [0.05, 0.1) is 24.5 Å². The Balaban J connectivity index is 1.81. The fraction of sp³-hybridized carbons (Fsp3) is 0.350. The van der Waals surface area contributed by atoms with Gasteiger partial charge in [-0.1, -0.05) is 18.2 Å². The molecular weight excluding hydrogens is 348 g/mol. The first-order chi connectivity index (χ1) is 12.7. The monoisotopic (exact) mass is 372 g/mol. The predicted octanol–water partition coefficient (Wildman–Crippen LogP) is 4.10. The van der Waals surface area contributed by atoms with Gasteiger partial charge in [0, 0.05) is 24.5 Å². The Hall–Kier alpha value is -2.15. The van der Waals surface area contributed by atoms with E-state index in [0.29, 0.717) is 25.6 Å². The van der Waals surface area contributed by atoms with Gasteiger partial charge in [0.15, 0.2) is 0 Å². The molecule has 0 amide bonds. The number of rotatable bonds is 9. The van der Waals surface area contributed by atoms with Crippen LogP contribution in [0.15, 0.2) is 46.2 Å². The average Bonchev–Trinajstić information content (AvgIpc) is 3.26. The highest BCUT2D eigenvalue weighted by atomic mass is 32.1. The van der Waals surface area contributed by atoms with Crippen molar-refractivity contribution in [1.29, 1.82) is 0 Å². The van der Waals surface area contributed by atoms with E-state index in [0.717, 1.165) is 29.3 Å². The molecule has 6 heteroatoms. The van der Waals surface area contributed by atoms with Crippen molar-refractivity contribution in [2.45, 2.75) is 26.9 Å². The van der Waals surface area contributed by atoms with E-state index in [1.807, 2.05) is 44.2 Å². The minimum Gasteiger partial charge on any atom is -0.493 e. The maximum absolute atomic E-state index is 9.39. The second kappa shape index (κ2) is 8.98. The van der Waals surface area contributed by atoms with E-state index >= 15 is 0 Å². The SMILES string of the molecule is CCOc1ccccc1-c1nc(CN(CCO)Cc2cccs2)c(C)o1. The summed E-state index contributed by atoms with van der Waals surface area (Å²) in [5.41, 5.74) is 1.74. The number of oxazole rings is 1. The van der Waals surface area contributed by atoms with E-state index < -0.39 is 0 Å². The Morgan fingerprint density at radius 1 is 1.19 bits per heavy atom. The highest BCUT2D eigenvalue weighted by Gasteiger charge is 2.17. The number of aromatic nitrogens is 1. The number of aryl methyl sites for hydroxylation is 1. The van der Waals surface area contributed by atoms with E-state index in [1.54, 1.807) is 11.3 Å². The molecule has 0 saturated heterocycles. The van der Waals surface area contributed by atoms with Crippen LogP contribution in [0.5, 0.6) is 5.75 Å². The zero-order valence-electron chi connectivity index (χ0n) is 15.1. The fourth-order valence-corrected chi connectivity index (χ4v) is 3.55. The van der Waals surface area contributed by atoms with Crippen LogP contribution >= 0.6 is 11.3 Å². The van der Waals surface area contributed by atoms with Gasteiger partial charge < -0.3 is 14.3 Å². The molecule has 0 unspecified atom stereocenters. The van der Waals surface area contributed by atoms with Crippen LogP contribution in [0, 0.1) is 6.92 Å². The lowest BCUT2D eigenvalue weighted by molar-refractivity contribution is 0.183. The molecule has 0 saturated carbocycles. The van der Waals surface area contributed by atoms with Gasteiger partial charge in [-0.2, -0.15) is 0 Å². The summed E-state index contributed by atoms with van der Waals surface area (Å²) >= 11 is 1.72. The van der Waals surface area contributed by atoms with Gasteiger partial charge in [-0.05, 0) is 37.4 Å². The highest BCUT2D eigenvalue weighted by molar-refractivity contribution is 7.09. The van der Waals surface area contributed by atoms with Crippen LogP contribution in [0.2, 0.25) is 0 Å². The third-order valence-electron chi connectivity index (χ3n) is 4.06. The first kappa shape index (κ1) is 18.6. The molecule has 0 fully saturated rings. The number of nitrogens with zero attached hydrogens (tertiary/aromatic N) is 2. The Labute approximate surface area is 157 Å². The number of aliphatic hydroxyl groups excluding tert-OH is 1. The van der Waals surface area contributed by atoms with E-state index in [-0.39, 0.29) is 6.61 Å². The Bertz CT molecular complexity index is 814. The maximum atomic E-state index is 9.39. The molecule has 1 N–H and O–H groups in total. The lowest BCUT2D eigenvalue weighted by Crippen LogP contribution is -2.26. The fourth-order valence-electron chi connectivity index (χ4n) is 2.80. The van der Waals surface area contributed by atoms with Crippen LogP contribution in [-0.4, -0.2) is 34.7 Å². The predicted molar refractivity (Wildman–Crippen MR) is 103 cm³/mol. The molecule has 0 aliphatic rings. The van der Waals surface area contributed by atoms with Crippen molar-refractivity contribution in [2.75, 3.05) is 19.8 Å². The molecule has 0 atom stereocenters. The molecular formula is C20H24N2O3S. The van der Waals surface area contributed by atoms with Gasteiger partial charge >= 0.3 is 0 Å². The van der Waals surface area contributed by atoms with Crippen molar-refractivity contribution in [2.24, 2.45) is 0 Å². The quantitative estimate of drug-likeness (QED) is 0.613. The summed E-state index contributed by atoms with van der Waals surface area (Å²) in [6.45, 7) is 6.60. The normalized spacial score (nSPS) is 11.2. The van der Waals surface area contributed by atoms with Gasteiger partial charge in [0.25, 0.3) is 0 Å². The zero-order chi connectivity index (χ0) is 18.4. The lowest BCUT2D eigenvalue weighted by Gasteiger charge is -2.19. The summed E-state index contributed by atoms with van der Waals surface area (Å²) in [6.07, 6.45) is 0. The number of hydrogen-bond donors (Lipinski definition) is 1. The van der Waals surface area contributed by atoms with Gasteiger partial charge in [0.1, 0.15) is 11.5 Å². The van der Waals surface area contributed by atoms with Crippen LogP contribution in [0.3, 0.4) is 0 Å². The summed E-state index contributed by atoms with van der Waals surface area (Å²) < 4.78 is 11.6. The number of ether oxygens (including phenoxy) is 1. The summed E-state index contributed by atoms with van der Waals surface area (Å²) in [6, 6.07) is 11.9. The summed E-state index contributed by atoms with van der Waals surface area (Å²) in [4.78, 5) is 8.15. The van der Waals surface area contributed by atoms with Crippen molar-refractivity contribution in [3.63, 3.8) is 0 Å². The molecule has 26 heavy (non-hydrogen) atoms. The number of thiophene rings is 1. The van der Waals surface area contributed by atoms with E-state index in [1.165, 1.54) is 4.88 Å².